The van der Waals surface area contributed by atoms with Crippen molar-refractivity contribution >= 4 is 45.6 Å². The molecule has 5 heterocycles. The van der Waals surface area contributed by atoms with Gasteiger partial charge in [-0.15, -0.1) is 0 Å². The SMILES string of the molecule is Cc1c(-c2cc3cc(Nc4cc5n(n4)CC(=O)NCC5)ncc3c(N)c2F)cnc2c1NC(=O)C2(C)O. The van der Waals surface area contributed by atoms with Crippen LogP contribution < -0.4 is 21.7 Å². The van der Waals surface area contributed by atoms with Crippen LogP contribution in [0.15, 0.2) is 30.6 Å². The second-order valence-electron chi connectivity index (χ2n) is 9.39. The van der Waals surface area contributed by atoms with Gasteiger partial charge in [0.1, 0.15) is 18.1 Å². The van der Waals surface area contributed by atoms with Gasteiger partial charge in [-0.05, 0) is 36.9 Å². The number of nitrogen functional groups attached to an aromatic ring is 1. The second kappa shape index (κ2) is 7.96. The molecule has 2 aliphatic rings. The highest BCUT2D eigenvalue weighted by molar-refractivity contribution is 6.06. The lowest BCUT2D eigenvalue weighted by Gasteiger charge is -2.16. The first-order chi connectivity index (χ1) is 17.6. The summed E-state index contributed by atoms with van der Waals surface area (Å²) >= 11 is 0. The van der Waals surface area contributed by atoms with Crippen LogP contribution in [0.2, 0.25) is 0 Å². The van der Waals surface area contributed by atoms with Crippen LogP contribution in [0.5, 0.6) is 0 Å². The summed E-state index contributed by atoms with van der Waals surface area (Å²) < 4.78 is 17.1. The van der Waals surface area contributed by atoms with E-state index in [9.17, 15) is 14.7 Å². The van der Waals surface area contributed by atoms with E-state index in [4.69, 9.17) is 5.73 Å². The average molecular weight is 503 g/mol. The third-order valence-corrected chi connectivity index (χ3v) is 6.89. The van der Waals surface area contributed by atoms with Crippen LogP contribution >= 0.6 is 0 Å². The molecular weight excluding hydrogens is 479 g/mol. The lowest BCUT2D eigenvalue weighted by Crippen LogP contribution is -2.30. The molecule has 0 aliphatic carbocycles. The summed E-state index contributed by atoms with van der Waals surface area (Å²) in [4.78, 5) is 32.6. The molecule has 12 heteroatoms. The smallest absolute Gasteiger partial charge is 0.262 e. The molecule has 3 aromatic heterocycles. The lowest BCUT2D eigenvalue weighted by molar-refractivity contribution is -0.132. The summed E-state index contributed by atoms with van der Waals surface area (Å²) in [5.41, 5.74) is 7.00. The molecule has 6 rings (SSSR count). The first kappa shape index (κ1) is 22.9. The Bertz CT molecular complexity index is 1650. The minimum Gasteiger partial charge on any atom is -0.396 e. The maximum Gasteiger partial charge on any atom is 0.262 e. The van der Waals surface area contributed by atoms with Crippen LogP contribution in [0.1, 0.15) is 23.9 Å². The molecule has 0 fully saturated rings. The van der Waals surface area contributed by atoms with Gasteiger partial charge in [-0.3, -0.25) is 19.3 Å². The van der Waals surface area contributed by atoms with Crippen LogP contribution in [-0.2, 0) is 28.2 Å². The number of halogens is 1. The molecule has 6 N–H and O–H groups in total. The number of carbonyl (C=O) groups is 2. The number of fused-ring (bicyclic) bond motifs is 3. The number of pyridine rings is 2. The molecule has 11 nitrogen and oxygen atoms in total. The Morgan fingerprint density at radius 2 is 1.97 bits per heavy atom. The summed E-state index contributed by atoms with van der Waals surface area (Å²) in [7, 11) is 0. The number of nitrogens with zero attached hydrogens (tertiary/aromatic N) is 4. The molecule has 2 aliphatic heterocycles. The van der Waals surface area contributed by atoms with Gasteiger partial charge in [-0.2, -0.15) is 5.10 Å². The van der Waals surface area contributed by atoms with Gasteiger partial charge in [0.25, 0.3) is 5.91 Å². The van der Waals surface area contributed by atoms with E-state index in [1.165, 1.54) is 19.3 Å². The number of nitrogens with one attached hydrogen (secondary N) is 3. The molecule has 4 aromatic rings. The highest BCUT2D eigenvalue weighted by Crippen LogP contribution is 2.42. The fraction of sp³-hybridized carbons (Fsp3) is 0.240. The molecule has 1 unspecified atom stereocenters. The third-order valence-electron chi connectivity index (χ3n) is 6.89. The van der Waals surface area contributed by atoms with Gasteiger partial charge in [-0.25, -0.2) is 9.37 Å². The summed E-state index contributed by atoms with van der Waals surface area (Å²) in [6.45, 7) is 3.78. The van der Waals surface area contributed by atoms with Crippen molar-refractivity contribution in [3.63, 3.8) is 0 Å². The van der Waals surface area contributed by atoms with Crippen LogP contribution in [0.3, 0.4) is 0 Å². The highest BCUT2D eigenvalue weighted by atomic mass is 19.1. The number of carbonyl (C=O) groups excluding carboxylic acids is 2. The number of anilines is 4. The van der Waals surface area contributed by atoms with Gasteiger partial charge in [0.15, 0.2) is 17.2 Å². The molecule has 0 saturated carbocycles. The zero-order chi connectivity index (χ0) is 26.1. The fourth-order valence-corrected chi connectivity index (χ4v) is 4.81. The fourth-order valence-electron chi connectivity index (χ4n) is 4.81. The Morgan fingerprint density at radius 1 is 1.16 bits per heavy atom. The molecule has 1 aromatic carbocycles. The average Bonchev–Trinajstić information content (AvgIpc) is 3.26. The van der Waals surface area contributed by atoms with Crippen LogP contribution in [0.4, 0.5) is 27.4 Å². The van der Waals surface area contributed by atoms with Gasteiger partial charge in [0, 0.05) is 53.6 Å². The number of hydrogen-bond donors (Lipinski definition) is 5. The Morgan fingerprint density at radius 3 is 2.78 bits per heavy atom. The minimum absolute atomic E-state index is 0.0674. The topological polar surface area (TPSA) is 160 Å². The van der Waals surface area contributed by atoms with Crippen LogP contribution in [0.25, 0.3) is 21.9 Å². The third kappa shape index (κ3) is 3.56. The van der Waals surface area contributed by atoms with Crippen LogP contribution in [-0.4, -0.2) is 43.2 Å². The Balaban J connectivity index is 1.40. The largest absolute Gasteiger partial charge is 0.396 e. The van der Waals surface area contributed by atoms with Gasteiger partial charge in [-0.1, -0.05) is 0 Å². The van der Waals surface area contributed by atoms with Gasteiger partial charge < -0.3 is 26.8 Å². The molecular formula is C25H23FN8O3. The minimum atomic E-state index is -1.76. The van der Waals surface area contributed by atoms with Crippen molar-refractivity contribution in [2.24, 2.45) is 0 Å². The van der Waals surface area contributed by atoms with Gasteiger partial charge >= 0.3 is 0 Å². The predicted molar refractivity (Wildman–Crippen MR) is 135 cm³/mol. The van der Waals surface area contributed by atoms with E-state index in [0.29, 0.717) is 52.2 Å². The predicted octanol–water partition coefficient (Wildman–Crippen LogP) is 2.10. The molecule has 37 heavy (non-hydrogen) atoms. The van der Waals surface area contributed by atoms with Crippen LogP contribution in [0, 0.1) is 12.7 Å². The molecule has 0 bridgehead atoms. The number of aromatic nitrogens is 4. The molecule has 0 saturated heterocycles. The Kier molecular flexibility index (Phi) is 4.92. The van der Waals surface area contributed by atoms with Crippen molar-refractivity contribution in [2.45, 2.75) is 32.4 Å². The first-order valence-corrected chi connectivity index (χ1v) is 11.7. The summed E-state index contributed by atoms with van der Waals surface area (Å²) in [6, 6.07) is 5.24. The summed E-state index contributed by atoms with van der Waals surface area (Å²) in [6.07, 6.45) is 3.58. The summed E-state index contributed by atoms with van der Waals surface area (Å²) in [5.74, 6) is -0.316. The highest BCUT2D eigenvalue weighted by Gasteiger charge is 2.43. The number of nitrogens with two attached hydrogens (primary N) is 1. The molecule has 1 atom stereocenters. The molecule has 2 amide bonds. The summed E-state index contributed by atoms with van der Waals surface area (Å²) in [5, 5.41) is 24.6. The molecule has 0 spiro atoms. The quantitative estimate of drug-likeness (QED) is 0.266. The lowest BCUT2D eigenvalue weighted by atomic mass is 9.95. The van der Waals surface area contributed by atoms with E-state index in [1.807, 2.05) is 6.07 Å². The van der Waals surface area contributed by atoms with E-state index in [1.54, 1.807) is 23.7 Å². The number of amides is 2. The molecule has 0 radical (unpaired) electrons. The maximum absolute atomic E-state index is 15.4. The normalized spacial score (nSPS) is 18.7. The number of aliphatic hydroxyl groups is 1. The standard InChI is InChI=1S/C25H23FN8O3/c1-11-15(8-30-23-22(11)32-24(36)25(23,2)37)14-5-12-6-17(29-9-16(12)21(27)20(14)26)31-18-7-13-3-4-28-19(35)10-34(13)33-18/h5-9,37H,3-4,10,27H2,1-2H3,(H,28,35)(H,32,36)(H,29,31,33). The maximum atomic E-state index is 15.4. The Hall–Kier alpha value is -4.58. The van der Waals surface area contributed by atoms with Crippen molar-refractivity contribution in [2.75, 3.05) is 22.9 Å². The van der Waals surface area contributed by atoms with Crippen molar-refractivity contribution in [3.05, 3.63) is 53.4 Å². The molecule has 188 valence electrons. The van der Waals surface area contributed by atoms with E-state index in [-0.39, 0.29) is 29.4 Å². The van der Waals surface area contributed by atoms with Crippen molar-refractivity contribution in [1.82, 2.24) is 25.1 Å². The van der Waals surface area contributed by atoms with Crippen molar-refractivity contribution in [3.8, 4) is 11.1 Å². The number of benzene rings is 1. The van der Waals surface area contributed by atoms with E-state index in [0.717, 1.165) is 5.69 Å². The van der Waals surface area contributed by atoms with E-state index >= 15 is 4.39 Å². The van der Waals surface area contributed by atoms with Gasteiger partial charge in [0.05, 0.1) is 11.4 Å². The Labute approximate surface area is 209 Å². The first-order valence-electron chi connectivity index (χ1n) is 11.7. The number of hydrogen-bond acceptors (Lipinski definition) is 8. The monoisotopic (exact) mass is 502 g/mol. The van der Waals surface area contributed by atoms with Crippen molar-refractivity contribution < 1.29 is 19.1 Å². The second-order valence-corrected chi connectivity index (χ2v) is 9.39. The number of rotatable bonds is 3. The zero-order valence-electron chi connectivity index (χ0n) is 20.0. The van der Waals surface area contributed by atoms with Crippen molar-refractivity contribution in [1.29, 1.82) is 0 Å². The van der Waals surface area contributed by atoms with E-state index in [2.05, 4.69) is 31.0 Å². The van der Waals surface area contributed by atoms with Gasteiger partial charge in [0.2, 0.25) is 5.91 Å². The zero-order valence-corrected chi connectivity index (χ0v) is 20.0. The van der Waals surface area contributed by atoms with E-state index < -0.39 is 17.3 Å².